The molecule has 0 saturated carbocycles. The highest BCUT2D eigenvalue weighted by atomic mass is 16.5. The summed E-state index contributed by atoms with van der Waals surface area (Å²) >= 11 is 0. The topological polar surface area (TPSA) is 63.4 Å². The highest BCUT2D eigenvalue weighted by Crippen LogP contribution is 2.05. The average molecular weight is 240 g/mol. The molecule has 1 N–H and O–H groups in total. The first-order valence-electron chi connectivity index (χ1n) is 6.10. The van der Waals surface area contributed by atoms with Crippen LogP contribution >= 0.6 is 0 Å². The Morgan fingerprint density at radius 3 is 2.88 bits per heavy atom. The molecule has 0 radical (unpaired) electrons. The van der Waals surface area contributed by atoms with E-state index in [9.17, 15) is 0 Å². The van der Waals surface area contributed by atoms with E-state index in [4.69, 9.17) is 9.26 Å². The summed E-state index contributed by atoms with van der Waals surface area (Å²) in [6.45, 7) is 9.25. The number of nitrogens with zero attached hydrogens (tertiary/aromatic N) is 3. The zero-order valence-corrected chi connectivity index (χ0v) is 10.5. The van der Waals surface area contributed by atoms with E-state index in [0.29, 0.717) is 12.5 Å². The Labute approximate surface area is 101 Å². The standard InChI is InChI=1S/C11H20N4O2/c1-9(2)16-8-11-13-10(14-17-11)7-15-5-3-12-4-6-15/h9,12H,3-8H2,1-2H3. The molecular weight excluding hydrogens is 220 g/mol. The van der Waals surface area contributed by atoms with Crippen molar-refractivity contribution in [2.45, 2.75) is 33.1 Å². The Morgan fingerprint density at radius 1 is 1.41 bits per heavy atom. The van der Waals surface area contributed by atoms with Gasteiger partial charge in [-0.2, -0.15) is 4.98 Å². The van der Waals surface area contributed by atoms with E-state index in [2.05, 4.69) is 20.4 Å². The molecule has 0 unspecified atom stereocenters. The Bertz CT molecular complexity index is 334. The predicted octanol–water partition coefficient (Wildman–Crippen LogP) is 0.400. The summed E-state index contributed by atoms with van der Waals surface area (Å²) in [6, 6.07) is 0. The van der Waals surface area contributed by atoms with Gasteiger partial charge in [-0.15, -0.1) is 0 Å². The molecular formula is C11H20N4O2. The fourth-order valence-corrected chi connectivity index (χ4v) is 1.72. The Hall–Kier alpha value is -0.980. The molecule has 1 aromatic rings. The second kappa shape index (κ2) is 6.09. The normalized spacial score (nSPS) is 17.8. The summed E-state index contributed by atoms with van der Waals surface area (Å²) in [5.41, 5.74) is 0. The zero-order chi connectivity index (χ0) is 12.1. The molecule has 0 bridgehead atoms. The molecule has 1 aliphatic rings. The summed E-state index contributed by atoms with van der Waals surface area (Å²) in [7, 11) is 0. The maximum Gasteiger partial charge on any atom is 0.252 e. The van der Waals surface area contributed by atoms with E-state index < -0.39 is 0 Å². The summed E-state index contributed by atoms with van der Waals surface area (Å²) in [4.78, 5) is 6.63. The summed E-state index contributed by atoms with van der Waals surface area (Å²) in [5.74, 6) is 1.30. The van der Waals surface area contributed by atoms with Crippen molar-refractivity contribution in [1.82, 2.24) is 20.4 Å². The molecule has 1 fully saturated rings. The van der Waals surface area contributed by atoms with E-state index in [1.54, 1.807) is 0 Å². The van der Waals surface area contributed by atoms with Gasteiger partial charge in [0.05, 0.1) is 12.6 Å². The summed E-state index contributed by atoms with van der Waals surface area (Å²) in [5, 5.41) is 7.27. The van der Waals surface area contributed by atoms with Crippen molar-refractivity contribution < 1.29 is 9.26 Å². The van der Waals surface area contributed by atoms with E-state index in [1.165, 1.54) is 0 Å². The van der Waals surface area contributed by atoms with Gasteiger partial charge in [0.15, 0.2) is 5.82 Å². The quantitative estimate of drug-likeness (QED) is 0.803. The second-order valence-corrected chi connectivity index (χ2v) is 4.49. The van der Waals surface area contributed by atoms with Gasteiger partial charge >= 0.3 is 0 Å². The molecule has 96 valence electrons. The molecule has 0 atom stereocenters. The Balaban J connectivity index is 1.80. The minimum Gasteiger partial charge on any atom is -0.369 e. The predicted molar refractivity (Wildman–Crippen MR) is 62.4 cm³/mol. The molecule has 6 heteroatoms. The molecule has 2 heterocycles. The van der Waals surface area contributed by atoms with E-state index in [0.717, 1.165) is 38.5 Å². The molecule has 1 aromatic heterocycles. The van der Waals surface area contributed by atoms with Crippen LogP contribution in [0.5, 0.6) is 0 Å². The van der Waals surface area contributed by atoms with Crippen LogP contribution in [0.15, 0.2) is 4.52 Å². The molecule has 6 nitrogen and oxygen atoms in total. The Kier molecular flexibility index (Phi) is 4.47. The van der Waals surface area contributed by atoms with Crippen LogP contribution in [-0.2, 0) is 17.9 Å². The lowest BCUT2D eigenvalue weighted by Crippen LogP contribution is -2.43. The molecule has 0 spiro atoms. The number of aromatic nitrogens is 2. The van der Waals surface area contributed by atoms with Gasteiger partial charge in [-0.25, -0.2) is 0 Å². The van der Waals surface area contributed by atoms with Crippen LogP contribution in [0.25, 0.3) is 0 Å². The molecule has 2 rings (SSSR count). The maximum atomic E-state index is 5.41. The molecule has 0 aliphatic carbocycles. The van der Waals surface area contributed by atoms with Crippen molar-refractivity contribution in [3.8, 4) is 0 Å². The zero-order valence-electron chi connectivity index (χ0n) is 10.5. The van der Waals surface area contributed by atoms with Crippen LogP contribution in [0.1, 0.15) is 25.6 Å². The van der Waals surface area contributed by atoms with Crippen LogP contribution in [0, 0.1) is 0 Å². The van der Waals surface area contributed by atoms with Crippen LogP contribution in [0.3, 0.4) is 0 Å². The fraction of sp³-hybridized carbons (Fsp3) is 0.818. The van der Waals surface area contributed by atoms with E-state index in [-0.39, 0.29) is 6.10 Å². The number of rotatable bonds is 5. The summed E-state index contributed by atoms with van der Waals surface area (Å²) < 4.78 is 10.5. The molecule has 1 saturated heterocycles. The van der Waals surface area contributed by atoms with Crippen molar-refractivity contribution in [3.63, 3.8) is 0 Å². The molecule has 0 amide bonds. The van der Waals surface area contributed by atoms with Gasteiger partial charge < -0.3 is 14.6 Å². The van der Waals surface area contributed by atoms with Gasteiger partial charge in [0.2, 0.25) is 0 Å². The third-order valence-electron chi connectivity index (χ3n) is 2.62. The highest BCUT2D eigenvalue weighted by Gasteiger charge is 2.14. The SMILES string of the molecule is CC(C)OCc1nc(CN2CCNCC2)no1. The minimum absolute atomic E-state index is 0.179. The van der Waals surface area contributed by atoms with E-state index >= 15 is 0 Å². The minimum atomic E-state index is 0.179. The lowest BCUT2D eigenvalue weighted by Gasteiger charge is -2.25. The van der Waals surface area contributed by atoms with Gasteiger partial charge in [-0.1, -0.05) is 5.16 Å². The first-order valence-corrected chi connectivity index (χ1v) is 6.10. The van der Waals surface area contributed by atoms with Crippen LogP contribution in [0.4, 0.5) is 0 Å². The number of piperazine rings is 1. The van der Waals surface area contributed by atoms with Crippen molar-refractivity contribution >= 4 is 0 Å². The van der Waals surface area contributed by atoms with Crippen LogP contribution in [-0.4, -0.2) is 47.3 Å². The maximum absolute atomic E-state index is 5.41. The first kappa shape index (κ1) is 12.5. The lowest BCUT2D eigenvalue weighted by atomic mass is 10.3. The third kappa shape index (κ3) is 4.07. The number of nitrogens with one attached hydrogen (secondary N) is 1. The number of hydrogen-bond acceptors (Lipinski definition) is 6. The van der Waals surface area contributed by atoms with Gasteiger partial charge in [0.1, 0.15) is 6.61 Å². The van der Waals surface area contributed by atoms with Crippen molar-refractivity contribution in [2.75, 3.05) is 26.2 Å². The molecule has 1 aliphatic heterocycles. The largest absolute Gasteiger partial charge is 0.369 e. The van der Waals surface area contributed by atoms with Gasteiger partial charge in [0, 0.05) is 26.2 Å². The highest BCUT2D eigenvalue weighted by molar-refractivity contribution is 4.86. The number of hydrogen-bond donors (Lipinski definition) is 1. The smallest absolute Gasteiger partial charge is 0.252 e. The van der Waals surface area contributed by atoms with Gasteiger partial charge in [0.25, 0.3) is 5.89 Å². The van der Waals surface area contributed by atoms with Crippen molar-refractivity contribution in [2.24, 2.45) is 0 Å². The number of ether oxygens (including phenoxy) is 1. The third-order valence-corrected chi connectivity index (χ3v) is 2.62. The van der Waals surface area contributed by atoms with Crippen LogP contribution < -0.4 is 5.32 Å². The monoisotopic (exact) mass is 240 g/mol. The first-order chi connectivity index (χ1) is 8.24. The summed E-state index contributed by atoms with van der Waals surface area (Å²) in [6.07, 6.45) is 0.179. The van der Waals surface area contributed by atoms with Gasteiger partial charge in [-0.3, -0.25) is 4.90 Å². The van der Waals surface area contributed by atoms with Crippen molar-refractivity contribution in [3.05, 3.63) is 11.7 Å². The van der Waals surface area contributed by atoms with Gasteiger partial charge in [-0.05, 0) is 13.8 Å². The van der Waals surface area contributed by atoms with Crippen molar-refractivity contribution in [1.29, 1.82) is 0 Å². The average Bonchev–Trinajstić information content (AvgIpc) is 2.75. The Morgan fingerprint density at radius 2 is 2.18 bits per heavy atom. The second-order valence-electron chi connectivity index (χ2n) is 4.49. The molecule has 17 heavy (non-hydrogen) atoms. The lowest BCUT2D eigenvalue weighted by molar-refractivity contribution is 0.0485. The molecule has 0 aromatic carbocycles. The van der Waals surface area contributed by atoms with Crippen LogP contribution in [0.2, 0.25) is 0 Å². The van der Waals surface area contributed by atoms with E-state index in [1.807, 2.05) is 13.8 Å². The fourth-order valence-electron chi connectivity index (χ4n) is 1.72.